The Morgan fingerprint density at radius 3 is 2.67 bits per heavy atom. The monoisotopic (exact) mass is 254 g/mol. The first-order chi connectivity index (χ1) is 8.92. The van der Waals surface area contributed by atoms with E-state index in [0.717, 1.165) is 10.4 Å². The van der Waals surface area contributed by atoms with Crippen molar-refractivity contribution in [2.45, 2.75) is 0 Å². The summed E-state index contributed by atoms with van der Waals surface area (Å²) in [7, 11) is 0. The first-order valence-electron chi connectivity index (χ1n) is 5.52. The molecule has 4 heteroatoms. The molecule has 0 spiro atoms. The number of hydrogen-bond acceptors (Lipinski definition) is 4. The van der Waals surface area contributed by atoms with Crippen LogP contribution in [-0.2, 0) is 0 Å². The summed E-state index contributed by atoms with van der Waals surface area (Å²) in [5.41, 5.74) is 0.956. The fraction of sp³-hybridized carbons (Fsp3) is 0. The molecule has 0 radical (unpaired) electrons. The van der Waals surface area contributed by atoms with E-state index in [9.17, 15) is 0 Å². The van der Waals surface area contributed by atoms with E-state index >= 15 is 0 Å². The van der Waals surface area contributed by atoms with Crippen LogP contribution in [0.25, 0.3) is 23.5 Å². The second kappa shape index (κ2) is 4.98. The summed E-state index contributed by atoms with van der Waals surface area (Å²) in [5.74, 6) is 1.13. The molecule has 3 nitrogen and oxygen atoms in total. The van der Waals surface area contributed by atoms with Crippen LogP contribution in [-0.4, -0.2) is 10.1 Å². The van der Waals surface area contributed by atoms with E-state index < -0.39 is 0 Å². The summed E-state index contributed by atoms with van der Waals surface area (Å²) in [4.78, 5) is 5.48. The lowest BCUT2D eigenvalue weighted by Gasteiger charge is -1.89. The van der Waals surface area contributed by atoms with Crippen molar-refractivity contribution in [1.82, 2.24) is 10.1 Å². The predicted octanol–water partition coefficient (Wildman–Crippen LogP) is 3.97. The number of benzene rings is 1. The lowest BCUT2D eigenvalue weighted by Crippen LogP contribution is -1.78. The second-order valence-corrected chi connectivity index (χ2v) is 4.65. The van der Waals surface area contributed by atoms with Crippen LogP contribution < -0.4 is 0 Å². The molecule has 2 heterocycles. The van der Waals surface area contributed by atoms with Gasteiger partial charge in [-0.2, -0.15) is 4.98 Å². The molecule has 0 atom stereocenters. The zero-order valence-corrected chi connectivity index (χ0v) is 10.3. The van der Waals surface area contributed by atoms with Crippen molar-refractivity contribution >= 4 is 23.5 Å². The Hall–Kier alpha value is -2.20. The van der Waals surface area contributed by atoms with Crippen LogP contribution in [0.5, 0.6) is 0 Å². The van der Waals surface area contributed by atoms with E-state index in [2.05, 4.69) is 10.1 Å². The molecule has 0 bridgehead atoms. The molecule has 0 saturated heterocycles. The molecule has 0 amide bonds. The smallest absolute Gasteiger partial charge is 0.250 e. The average molecular weight is 254 g/mol. The summed E-state index contributed by atoms with van der Waals surface area (Å²) < 4.78 is 5.17. The number of hydrogen-bond donors (Lipinski definition) is 0. The fourth-order valence-corrected chi connectivity index (χ4v) is 2.16. The summed E-state index contributed by atoms with van der Waals surface area (Å²) in [6.07, 6.45) is 3.79. The lowest BCUT2D eigenvalue weighted by molar-refractivity contribution is 0.411. The third-order valence-electron chi connectivity index (χ3n) is 2.41. The SMILES string of the molecule is C(=Cc1cccs1)c1nc(-c2ccccc2)no1. The molecule has 0 aliphatic heterocycles. The van der Waals surface area contributed by atoms with E-state index in [1.165, 1.54) is 0 Å². The first-order valence-corrected chi connectivity index (χ1v) is 6.40. The molecule has 0 saturated carbocycles. The molecule has 3 aromatic rings. The Labute approximate surface area is 108 Å². The van der Waals surface area contributed by atoms with Crippen LogP contribution in [0.1, 0.15) is 10.8 Å². The number of aromatic nitrogens is 2. The van der Waals surface area contributed by atoms with Gasteiger partial charge in [-0.15, -0.1) is 11.3 Å². The Morgan fingerprint density at radius 2 is 1.89 bits per heavy atom. The van der Waals surface area contributed by atoms with Gasteiger partial charge in [0.15, 0.2) is 0 Å². The van der Waals surface area contributed by atoms with Gasteiger partial charge in [0.2, 0.25) is 5.82 Å². The van der Waals surface area contributed by atoms with Gasteiger partial charge in [-0.1, -0.05) is 41.6 Å². The van der Waals surface area contributed by atoms with Crippen LogP contribution in [0.2, 0.25) is 0 Å². The molecular weight excluding hydrogens is 244 g/mol. The van der Waals surface area contributed by atoms with Gasteiger partial charge >= 0.3 is 0 Å². The molecule has 88 valence electrons. The molecular formula is C14H10N2OS. The highest BCUT2D eigenvalue weighted by Gasteiger charge is 2.05. The van der Waals surface area contributed by atoms with Gasteiger partial charge in [0.1, 0.15) is 0 Å². The van der Waals surface area contributed by atoms with Crippen molar-refractivity contribution in [3.63, 3.8) is 0 Å². The largest absolute Gasteiger partial charge is 0.334 e. The second-order valence-electron chi connectivity index (χ2n) is 3.67. The third-order valence-corrected chi connectivity index (χ3v) is 3.24. The summed E-state index contributed by atoms with van der Waals surface area (Å²) in [5, 5.41) is 5.98. The van der Waals surface area contributed by atoms with Gasteiger partial charge in [-0.25, -0.2) is 0 Å². The van der Waals surface area contributed by atoms with Crippen molar-refractivity contribution < 1.29 is 4.52 Å². The molecule has 18 heavy (non-hydrogen) atoms. The Balaban J connectivity index is 1.82. The Kier molecular flexibility index (Phi) is 3.02. The Bertz CT molecular complexity index is 642. The van der Waals surface area contributed by atoms with E-state index in [-0.39, 0.29) is 0 Å². The van der Waals surface area contributed by atoms with Crippen LogP contribution in [0.15, 0.2) is 52.4 Å². The fourth-order valence-electron chi connectivity index (χ4n) is 1.55. The Morgan fingerprint density at radius 1 is 1.00 bits per heavy atom. The molecule has 0 fully saturated rings. The first kappa shape index (κ1) is 10.9. The molecule has 2 aromatic heterocycles. The van der Waals surface area contributed by atoms with E-state index in [4.69, 9.17) is 4.52 Å². The maximum absolute atomic E-state index is 5.17. The van der Waals surface area contributed by atoms with Gasteiger partial charge in [-0.3, -0.25) is 0 Å². The predicted molar refractivity (Wildman–Crippen MR) is 73.0 cm³/mol. The molecule has 0 N–H and O–H groups in total. The van der Waals surface area contributed by atoms with Crippen molar-refractivity contribution in [3.05, 3.63) is 58.6 Å². The maximum Gasteiger partial charge on any atom is 0.250 e. The number of nitrogens with zero attached hydrogens (tertiary/aromatic N) is 2. The number of thiophene rings is 1. The maximum atomic E-state index is 5.17. The molecule has 0 unspecified atom stereocenters. The van der Waals surface area contributed by atoms with Crippen LogP contribution in [0.3, 0.4) is 0 Å². The minimum atomic E-state index is 0.516. The minimum Gasteiger partial charge on any atom is -0.334 e. The van der Waals surface area contributed by atoms with Crippen molar-refractivity contribution in [2.75, 3.05) is 0 Å². The highest BCUT2D eigenvalue weighted by molar-refractivity contribution is 7.10. The van der Waals surface area contributed by atoms with Crippen molar-refractivity contribution in [2.24, 2.45) is 0 Å². The van der Waals surface area contributed by atoms with Gasteiger partial charge in [-0.05, 0) is 17.5 Å². The van der Waals surface area contributed by atoms with E-state index in [0.29, 0.717) is 11.7 Å². The normalized spacial score (nSPS) is 11.1. The van der Waals surface area contributed by atoms with Crippen LogP contribution in [0, 0.1) is 0 Å². The zero-order chi connectivity index (χ0) is 12.2. The van der Waals surface area contributed by atoms with Crippen LogP contribution in [0.4, 0.5) is 0 Å². The highest BCUT2D eigenvalue weighted by Crippen LogP contribution is 2.17. The quantitative estimate of drug-likeness (QED) is 0.710. The summed E-state index contributed by atoms with van der Waals surface area (Å²) in [6, 6.07) is 13.8. The van der Waals surface area contributed by atoms with Gasteiger partial charge in [0, 0.05) is 16.5 Å². The molecule has 0 aliphatic rings. The summed E-state index contributed by atoms with van der Waals surface area (Å²) >= 11 is 1.67. The van der Waals surface area contributed by atoms with Gasteiger partial charge in [0.05, 0.1) is 0 Å². The van der Waals surface area contributed by atoms with Crippen LogP contribution >= 0.6 is 11.3 Å². The van der Waals surface area contributed by atoms with Gasteiger partial charge in [0.25, 0.3) is 5.89 Å². The minimum absolute atomic E-state index is 0.516. The lowest BCUT2D eigenvalue weighted by atomic mass is 10.2. The topological polar surface area (TPSA) is 38.9 Å². The van der Waals surface area contributed by atoms with Crippen molar-refractivity contribution in [1.29, 1.82) is 0 Å². The van der Waals surface area contributed by atoms with Gasteiger partial charge < -0.3 is 4.52 Å². The van der Waals surface area contributed by atoms with E-state index in [1.54, 1.807) is 11.3 Å². The molecule has 0 aliphatic carbocycles. The summed E-state index contributed by atoms with van der Waals surface area (Å²) in [6.45, 7) is 0. The average Bonchev–Trinajstić information content (AvgIpc) is 3.09. The zero-order valence-electron chi connectivity index (χ0n) is 9.48. The molecule has 1 aromatic carbocycles. The molecule has 3 rings (SSSR count). The third kappa shape index (κ3) is 2.38. The standard InChI is InChI=1S/C14H10N2OS/c1-2-5-11(6-3-1)14-15-13(17-16-14)9-8-12-7-4-10-18-12/h1-10H. The van der Waals surface area contributed by atoms with Crippen molar-refractivity contribution in [3.8, 4) is 11.4 Å². The number of rotatable bonds is 3. The highest BCUT2D eigenvalue weighted by atomic mass is 32.1. The van der Waals surface area contributed by atoms with E-state index in [1.807, 2.05) is 60.0 Å².